The van der Waals surface area contributed by atoms with Gasteiger partial charge in [-0.1, -0.05) is 38.1 Å². The average Bonchev–Trinajstić information content (AvgIpc) is 2.95. The lowest BCUT2D eigenvalue weighted by atomic mass is 9.87. The van der Waals surface area contributed by atoms with Crippen molar-refractivity contribution in [3.63, 3.8) is 0 Å². The average molecular weight is 580 g/mol. The van der Waals surface area contributed by atoms with Crippen molar-refractivity contribution in [2.75, 3.05) is 20.2 Å². The van der Waals surface area contributed by atoms with Gasteiger partial charge in [0.2, 0.25) is 11.8 Å². The number of nitrogens with zero attached hydrogens (tertiary/aromatic N) is 1. The molecular weight excluding hydrogens is 530 g/mol. The van der Waals surface area contributed by atoms with E-state index in [1.807, 2.05) is 30.3 Å². The fourth-order valence-corrected chi connectivity index (χ4v) is 5.74. The number of hydrogen-bond acceptors (Lipinski definition) is 6. The molecule has 0 spiro atoms. The topological polar surface area (TPSA) is 100 Å². The first-order valence-corrected chi connectivity index (χ1v) is 15.5. The minimum absolute atomic E-state index is 0.0154. The van der Waals surface area contributed by atoms with Gasteiger partial charge in [0.15, 0.2) is 0 Å². The van der Waals surface area contributed by atoms with Crippen molar-refractivity contribution in [2.45, 2.75) is 109 Å². The quantitative estimate of drug-likeness (QED) is 0.467. The summed E-state index contributed by atoms with van der Waals surface area (Å²) in [5.74, 6) is 1.67. The Hall–Kier alpha value is -3.10. The van der Waals surface area contributed by atoms with Crippen LogP contribution in [0.1, 0.15) is 95.4 Å². The van der Waals surface area contributed by atoms with Gasteiger partial charge in [-0.2, -0.15) is 0 Å². The van der Waals surface area contributed by atoms with Crippen LogP contribution in [0.3, 0.4) is 0 Å². The summed E-state index contributed by atoms with van der Waals surface area (Å²) in [6.45, 7) is 11.1. The lowest BCUT2D eigenvalue weighted by Gasteiger charge is -2.39. The lowest BCUT2D eigenvalue weighted by molar-refractivity contribution is -0.139. The van der Waals surface area contributed by atoms with Crippen molar-refractivity contribution in [3.8, 4) is 11.5 Å². The molecule has 1 unspecified atom stereocenters. The van der Waals surface area contributed by atoms with Crippen LogP contribution >= 0.6 is 0 Å². The van der Waals surface area contributed by atoms with Crippen molar-refractivity contribution >= 4 is 11.8 Å². The first kappa shape index (κ1) is 31.8. The van der Waals surface area contributed by atoms with Crippen molar-refractivity contribution < 1.29 is 24.2 Å². The maximum Gasteiger partial charge on any atom is 0.242 e. The molecule has 2 heterocycles. The summed E-state index contributed by atoms with van der Waals surface area (Å²) in [5.41, 5.74) is 2.93. The highest BCUT2D eigenvalue weighted by atomic mass is 16.5. The van der Waals surface area contributed by atoms with Crippen molar-refractivity contribution in [2.24, 2.45) is 0 Å². The molecule has 8 heteroatoms. The van der Waals surface area contributed by atoms with E-state index in [1.165, 1.54) is 10.5 Å². The Morgan fingerprint density at radius 1 is 1.12 bits per heavy atom. The number of carbonyl (C=O) groups excluding carboxylic acids is 2. The number of benzene rings is 2. The molecule has 0 fully saturated rings. The number of aliphatic hydroxyl groups is 1. The molecule has 0 saturated carbocycles. The van der Waals surface area contributed by atoms with Gasteiger partial charge in [-0.15, -0.1) is 0 Å². The fourth-order valence-electron chi connectivity index (χ4n) is 5.74. The maximum atomic E-state index is 13.4. The summed E-state index contributed by atoms with van der Waals surface area (Å²) in [5, 5.41) is 18.2. The highest BCUT2D eigenvalue weighted by Gasteiger charge is 2.35. The number of nitrogens with one attached hydrogen (secondary N) is 2. The van der Waals surface area contributed by atoms with E-state index in [0.29, 0.717) is 25.4 Å². The van der Waals surface area contributed by atoms with Crippen molar-refractivity contribution in [1.82, 2.24) is 15.5 Å². The van der Waals surface area contributed by atoms with Crippen molar-refractivity contribution in [1.29, 1.82) is 0 Å². The van der Waals surface area contributed by atoms with Crippen LogP contribution in [0.25, 0.3) is 0 Å². The Morgan fingerprint density at radius 2 is 1.90 bits per heavy atom. The number of rotatable bonds is 5. The van der Waals surface area contributed by atoms with Crippen LogP contribution in [0.15, 0.2) is 42.5 Å². The summed E-state index contributed by atoms with van der Waals surface area (Å²) in [6.07, 6.45) is 3.16. The van der Waals surface area contributed by atoms with Gasteiger partial charge >= 0.3 is 0 Å². The molecular formula is C34H49N3O5. The smallest absolute Gasteiger partial charge is 0.242 e. The molecule has 230 valence electrons. The number of carbonyl (C=O) groups is 2. The van der Waals surface area contributed by atoms with Crippen LogP contribution in [-0.4, -0.2) is 65.8 Å². The highest BCUT2D eigenvalue weighted by Crippen LogP contribution is 2.40. The fraction of sp³-hybridized carbons (Fsp3) is 0.588. The molecule has 8 nitrogen and oxygen atoms in total. The van der Waals surface area contributed by atoms with Crippen LogP contribution in [0.4, 0.5) is 0 Å². The van der Waals surface area contributed by atoms with Gasteiger partial charge in [-0.05, 0) is 81.7 Å². The van der Waals surface area contributed by atoms with Gasteiger partial charge in [0, 0.05) is 38.0 Å². The number of hydrogen-bond donors (Lipinski definition) is 3. The molecule has 3 N–H and O–H groups in total. The molecule has 2 aromatic carbocycles. The second kappa shape index (κ2) is 13.9. The number of aliphatic hydroxyl groups excluding tert-OH is 1. The van der Waals surface area contributed by atoms with Crippen LogP contribution in [-0.2, 0) is 16.0 Å². The molecule has 4 atom stereocenters. The molecule has 2 bridgehead atoms. The molecule has 0 radical (unpaired) electrons. The predicted molar refractivity (Wildman–Crippen MR) is 165 cm³/mol. The Bertz CT molecular complexity index is 1230. The zero-order chi connectivity index (χ0) is 30.4. The third kappa shape index (κ3) is 8.26. The molecule has 2 aliphatic rings. The molecule has 0 aliphatic carbocycles. The van der Waals surface area contributed by atoms with Crippen LogP contribution in [0.5, 0.6) is 11.5 Å². The molecule has 2 aliphatic heterocycles. The number of fused-ring (bicyclic) bond motifs is 3. The van der Waals surface area contributed by atoms with Gasteiger partial charge in [0.05, 0.1) is 18.8 Å². The third-order valence-electron chi connectivity index (χ3n) is 8.53. The molecule has 0 aromatic heterocycles. The van der Waals surface area contributed by atoms with Crippen molar-refractivity contribution in [3.05, 3.63) is 59.2 Å². The molecule has 2 amide bonds. The van der Waals surface area contributed by atoms with E-state index in [9.17, 15) is 14.7 Å². The second-order valence-electron chi connectivity index (χ2n) is 12.9. The largest absolute Gasteiger partial charge is 0.494 e. The van der Waals surface area contributed by atoms with E-state index in [4.69, 9.17) is 9.47 Å². The first-order valence-electron chi connectivity index (χ1n) is 15.5. The summed E-state index contributed by atoms with van der Waals surface area (Å²) in [7, 11) is 1.67. The normalized spacial score (nSPS) is 24.3. The van der Waals surface area contributed by atoms with Crippen LogP contribution in [0, 0.1) is 0 Å². The predicted octanol–water partition coefficient (Wildman–Crippen LogP) is 4.89. The number of amides is 2. The first-order chi connectivity index (χ1) is 19.9. The van der Waals surface area contributed by atoms with E-state index < -0.39 is 18.2 Å². The monoisotopic (exact) mass is 579 g/mol. The van der Waals surface area contributed by atoms with Gasteiger partial charge < -0.3 is 30.1 Å². The SMILES string of the molecule is CC(C)c1ccc2c(c1)C(NC[C@@H](O)[C@@H]1Cc3cccc(c3)OCCCCCC(=O)N(C)[C@@H](C)C(=O)N1)CC(C)(C)O2. The Morgan fingerprint density at radius 3 is 2.67 bits per heavy atom. The van der Waals surface area contributed by atoms with E-state index in [2.05, 4.69) is 50.5 Å². The van der Waals surface area contributed by atoms with Crippen LogP contribution in [0.2, 0.25) is 0 Å². The zero-order valence-electron chi connectivity index (χ0n) is 26.1. The van der Waals surface area contributed by atoms with Gasteiger partial charge in [0.1, 0.15) is 23.1 Å². The van der Waals surface area contributed by atoms with Crippen LogP contribution < -0.4 is 20.1 Å². The lowest BCUT2D eigenvalue weighted by Crippen LogP contribution is -2.54. The summed E-state index contributed by atoms with van der Waals surface area (Å²) >= 11 is 0. The zero-order valence-corrected chi connectivity index (χ0v) is 26.1. The molecule has 4 rings (SSSR count). The number of likely N-dealkylation sites (N-methyl/N-ethyl adjacent to an activating group) is 1. The Labute approximate surface area is 251 Å². The Kier molecular flexibility index (Phi) is 10.5. The molecule has 2 aromatic rings. The highest BCUT2D eigenvalue weighted by molar-refractivity contribution is 5.87. The summed E-state index contributed by atoms with van der Waals surface area (Å²) < 4.78 is 12.3. The van der Waals surface area contributed by atoms with E-state index in [0.717, 1.165) is 48.3 Å². The minimum atomic E-state index is -0.881. The van der Waals surface area contributed by atoms with E-state index in [1.54, 1.807) is 14.0 Å². The Balaban J connectivity index is 1.55. The standard InChI is InChI=1S/C34H49N3O5/c1-22(2)25-14-15-31-27(19-25)29(20-34(4,5)42-31)35-21-30(38)28-18-24-11-10-12-26(17-24)41-16-9-7-8-13-32(39)37(6)23(3)33(40)36-28/h10-12,14-15,17,19,22-23,28-30,35,38H,7-9,13,16,18,20-21H2,1-6H3,(H,36,40)/t23-,28-,29?,30+/m0/s1. The summed E-state index contributed by atoms with van der Waals surface area (Å²) in [6, 6.07) is 13.0. The van der Waals surface area contributed by atoms with Gasteiger partial charge in [-0.3, -0.25) is 9.59 Å². The van der Waals surface area contributed by atoms with Gasteiger partial charge in [0.25, 0.3) is 0 Å². The van der Waals surface area contributed by atoms with E-state index >= 15 is 0 Å². The summed E-state index contributed by atoms with van der Waals surface area (Å²) in [4.78, 5) is 27.6. The second-order valence-corrected chi connectivity index (χ2v) is 12.9. The minimum Gasteiger partial charge on any atom is -0.494 e. The van der Waals surface area contributed by atoms with Gasteiger partial charge in [-0.25, -0.2) is 0 Å². The van der Waals surface area contributed by atoms with E-state index in [-0.39, 0.29) is 30.0 Å². The molecule has 42 heavy (non-hydrogen) atoms. The number of ether oxygens (including phenoxy) is 2. The molecule has 0 saturated heterocycles. The third-order valence-corrected chi connectivity index (χ3v) is 8.53. The maximum absolute atomic E-state index is 13.4.